The summed E-state index contributed by atoms with van der Waals surface area (Å²) in [5.74, 6) is -0.925. The topological polar surface area (TPSA) is 134 Å². The molecule has 0 saturated heterocycles. The number of imidazole rings is 2. The molecular weight excluding hydrogens is 833 g/mol. The Bertz CT molecular complexity index is 2310. The largest absolute Gasteiger partial charge is 0.478 e. The van der Waals surface area contributed by atoms with E-state index < -0.39 is 5.97 Å². The third-order valence-electron chi connectivity index (χ3n) is 7.22. The van der Waals surface area contributed by atoms with Gasteiger partial charge in [-0.15, -0.1) is 11.3 Å². The Morgan fingerprint density at radius 2 is 1.07 bits per heavy atom. The zero-order valence-electron chi connectivity index (χ0n) is 35.8. The lowest BCUT2D eigenvalue weighted by Crippen LogP contribution is -2.07. The van der Waals surface area contributed by atoms with Gasteiger partial charge in [-0.1, -0.05) is 167 Å². The number of nitrogens with one attached hydrogen (secondary N) is 2. The van der Waals surface area contributed by atoms with Crippen LogP contribution in [0.15, 0.2) is 115 Å². The molecule has 0 atom stereocenters. The van der Waals surface area contributed by atoms with Crippen LogP contribution in [0.1, 0.15) is 93.4 Å². The molecule has 0 radical (unpaired) electrons. The van der Waals surface area contributed by atoms with E-state index in [0.29, 0.717) is 0 Å². The minimum absolute atomic E-state index is 0.0729. The molecule has 0 aliphatic heterocycles. The van der Waals surface area contributed by atoms with E-state index in [1.807, 2.05) is 60.3 Å². The quantitative estimate of drug-likeness (QED) is 0.143. The maximum atomic E-state index is 10.8. The first-order chi connectivity index (χ1) is 27.5. The fraction of sp³-hybridized carbons (Fsp3) is 0.356. The molecule has 0 amide bonds. The second kappa shape index (κ2) is 19.2. The Labute approximate surface area is 368 Å². The van der Waals surface area contributed by atoms with Gasteiger partial charge in [0, 0.05) is 19.0 Å². The fourth-order valence-corrected chi connectivity index (χ4v) is 10.2. The third kappa shape index (κ3) is 15.2. The Kier molecular flexibility index (Phi) is 15.0. The molecular formula is C45H54N6O3S5. The molecule has 0 spiro atoms. The predicted molar refractivity (Wildman–Crippen MR) is 255 cm³/mol. The first-order valence-corrected chi connectivity index (χ1v) is 23.2. The van der Waals surface area contributed by atoms with E-state index in [9.17, 15) is 4.79 Å². The summed E-state index contributed by atoms with van der Waals surface area (Å²) in [6.45, 7) is 25.9. The van der Waals surface area contributed by atoms with Crippen molar-refractivity contribution in [3.8, 4) is 0 Å². The number of rotatable bonds is 5. The number of benzene rings is 4. The zero-order chi connectivity index (χ0) is 43.2. The van der Waals surface area contributed by atoms with Crippen LogP contribution in [0.4, 0.5) is 0 Å². The number of thioether (sulfide) groups is 4. The number of aromatic nitrogens is 6. The van der Waals surface area contributed by atoms with Gasteiger partial charge in [0.25, 0.3) is 5.22 Å². The Morgan fingerprint density at radius 1 is 0.559 bits per heavy atom. The van der Waals surface area contributed by atoms with E-state index in [-0.39, 0.29) is 24.6 Å². The maximum absolute atomic E-state index is 10.8. The number of nitrogens with zero attached hydrogens (tertiary/aromatic N) is 4. The molecule has 59 heavy (non-hydrogen) atoms. The molecule has 8 aromatic rings. The highest BCUT2D eigenvalue weighted by atomic mass is 32.2. The number of carboxylic acids is 1. The molecule has 9 nitrogen and oxygen atoms in total. The minimum atomic E-state index is -0.925. The molecule has 0 aliphatic carbocycles. The van der Waals surface area contributed by atoms with Crippen molar-refractivity contribution >= 4 is 108 Å². The zero-order valence-corrected chi connectivity index (χ0v) is 39.8. The molecule has 4 aromatic carbocycles. The lowest BCUT2D eigenvalue weighted by molar-refractivity contribution is 0.0697. The second-order valence-corrected chi connectivity index (χ2v) is 25.9. The number of oxazole rings is 1. The van der Waals surface area contributed by atoms with E-state index >= 15 is 0 Å². The van der Waals surface area contributed by atoms with E-state index in [4.69, 9.17) is 9.52 Å². The molecule has 4 heterocycles. The molecule has 4 aromatic heterocycles. The van der Waals surface area contributed by atoms with Gasteiger partial charge in [-0.25, -0.2) is 24.7 Å². The van der Waals surface area contributed by atoms with E-state index in [1.54, 1.807) is 64.8 Å². The predicted octanol–water partition coefficient (Wildman–Crippen LogP) is 14.5. The summed E-state index contributed by atoms with van der Waals surface area (Å²) < 4.78 is 8.70. The first-order valence-electron chi connectivity index (χ1n) is 19.1. The summed E-state index contributed by atoms with van der Waals surface area (Å²) in [4.78, 5) is 35.2. The van der Waals surface area contributed by atoms with Crippen LogP contribution in [-0.2, 0) is 0 Å². The van der Waals surface area contributed by atoms with Crippen molar-refractivity contribution in [2.45, 2.75) is 122 Å². The molecule has 312 valence electrons. The highest BCUT2D eigenvalue weighted by Crippen LogP contribution is 2.37. The monoisotopic (exact) mass is 886 g/mol. The summed E-state index contributed by atoms with van der Waals surface area (Å²) in [7, 11) is 0. The van der Waals surface area contributed by atoms with E-state index in [0.717, 1.165) is 54.2 Å². The van der Waals surface area contributed by atoms with Gasteiger partial charge in [0.15, 0.2) is 20.2 Å². The van der Waals surface area contributed by atoms with Crippen molar-refractivity contribution in [3.63, 3.8) is 0 Å². The summed E-state index contributed by atoms with van der Waals surface area (Å²) in [6.07, 6.45) is 0. The summed E-state index contributed by atoms with van der Waals surface area (Å²) in [5, 5.41) is 11.5. The Hall–Kier alpha value is -3.95. The van der Waals surface area contributed by atoms with Crippen molar-refractivity contribution in [1.82, 2.24) is 29.9 Å². The normalized spacial score (nSPS) is 12.1. The highest BCUT2D eigenvalue weighted by Gasteiger charge is 2.18. The van der Waals surface area contributed by atoms with Gasteiger partial charge in [-0.2, -0.15) is 0 Å². The van der Waals surface area contributed by atoms with Crippen LogP contribution in [0.5, 0.6) is 0 Å². The van der Waals surface area contributed by atoms with Crippen LogP contribution in [0.2, 0.25) is 0 Å². The van der Waals surface area contributed by atoms with E-state index in [2.05, 4.69) is 137 Å². The highest BCUT2D eigenvalue weighted by molar-refractivity contribution is 8.02. The smallest absolute Gasteiger partial charge is 0.335 e. The lowest BCUT2D eigenvalue weighted by Gasteiger charge is -2.14. The van der Waals surface area contributed by atoms with Gasteiger partial charge in [-0.3, -0.25) is 0 Å². The van der Waals surface area contributed by atoms with Gasteiger partial charge in [0.05, 0.1) is 37.8 Å². The number of carbonyl (C=O) groups is 1. The summed E-state index contributed by atoms with van der Waals surface area (Å²) in [6, 6.07) is 29.1. The van der Waals surface area contributed by atoms with Gasteiger partial charge >= 0.3 is 5.97 Å². The number of hydrogen-bond donors (Lipinski definition) is 3. The molecule has 0 bridgehead atoms. The number of thiazole rings is 1. The Balaban J connectivity index is 0.000000150. The minimum Gasteiger partial charge on any atom is -0.478 e. The second-order valence-electron chi connectivity index (χ2n) is 17.4. The van der Waals surface area contributed by atoms with Crippen molar-refractivity contribution in [2.75, 3.05) is 0 Å². The molecule has 8 rings (SSSR count). The maximum Gasteiger partial charge on any atom is 0.335 e. The molecule has 3 N–H and O–H groups in total. The van der Waals surface area contributed by atoms with Crippen LogP contribution in [0.3, 0.4) is 0 Å². The molecule has 0 unspecified atom stereocenters. The number of aromatic amines is 2. The van der Waals surface area contributed by atoms with Gasteiger partial charge in [0.2, 0.25) is 0 Å². The first kappa shape index (κ1) is 46.1. The van der Waals surface area contributed by atoms with E-state index in [1.165, 1.54) is 9.04 Å². The van der Waals surface area contributed by atoms with Crippen LogP contribution < -0.4 is 0 Å². The average Bonchev–Trinajstić information content (AvgIpc) is 3.89. The molecule has 0 saturated carbocycles. The van der Waals surface area contributed by atoms with Crippen molar-refractivity contribution in [1.29, 1.82) is 0 Å². The van der Waals surface area contributed by atoms with Crippen LogP contribution in [0, 0.1) is 0 Å². The van der Waals surface area contributed by atoms with Gasteiger partial charge in [-0.05, 0) is 54.6 Å². The number of carboxylic acid groups (broad SMARTS) is 1. The Morgan fingerprint density at radius 3 is 1.61 bits per heavy atom. The average molecular weight is 887 g/mol. The summed E-state index contributed by atoms with van der Waals surface area (Å²) >= 11 is 8.65. The van der Waals surface area contributed by atoms with Crippen molar-refractivity contribution in [3.05, 3.63) is 96.6 Å². The number of aromatic carboxylic acids is 1. The lowest BCUT2D eigenvalue weighted by atomic mass is 10.2. The molecule has 0 fully saturated rings. The summed E-state index contributed by atoms with van der Waals surface area (Å²) in [5.41, 5.74) is 6.88. The van der Waals surface area contributed by atoms with Crippen LogP contribution in [0.25, 0.3) is 43.4 Å². The molecule has 0 aliphatic rings. The number of para-hydroxylation sites is 5. The number of fused-ring (bicyclic) bond motifs is 4. The molecule has 14 heteroatoms. The SMILES string of the molecule is CC(C)(C)Sc1nc2ccc(C(=O)O)cc2[nH]1.CC(C)(C)Sc1nc2ccccc2[nH]1.CC(C)(C)Sc1nc2ccccc2o1.CC(C)(C)Sc1nc2ccccc2s1. The number of hydrogen-bond acceptors (Lipinski definition) is 11. The van der Waals surface area contributed by atoms with Gasteiger partial charge < -0.3 is 19.5 Å². The van der Waals surface area contributed by atoms with Gasteiger partial charge in [0.1, 0.15) is 5.52 Å². The number of H-pyrrole nitrogens is 2. The van der Waals surface area contributed by atoms with Crippen molar-refractivity contribution in [2.24, 2.45) is 0 Å². The third-order valence-corrected chi connectivity index (χ3v) is 12.4. The van der Waals surface area contributed by atoms with Crippen LogP contribution in [-0.4, -0.2) is 60.0 Å². The van der Waals surface area contributed by atoms with Crippen molar-refractivity contribution < 1.29 is 14.3 Å². The van der Waals surface area contributed by atoms with Crippen LogP contribution >= 0.6 is 58.4 Å². The standard InChI is InChI=1S/C12H14N2O2S.C11H14N2S.C11H13NOS.C11H13NS2/c1-12(2,3)17-11-13-8-5-4-7(10(15)16)6-9(8)14-11;3*1-11(2,3)14-10-12-8-6-4-5-7-9(8)13-10/h4-6H,1-3H3,(H,13,14)(H,15,16);4-7H,1-3H3,(H,12,13);2*4-7H,1-3H3. The fourth-order valence-electron chi connectivity index (χ4n) is 5.04.